The Bertz CT molecular complexity index is 923. The molecule has 0 radical (unpaired) electrons. The van der Waals surface area contributed by atoms with E-state index in [0.29, 0.717) is 22.1 Å². The van der Waals surface area contributed by atoms with Gasteiger partial charge in [0.05, 0.1) is 10.6 Å². The molecule has 0 fully saturated rings. The molecule has 0 N–H and O–H groups in total. The summed E-state index contributed by atoms with van der Waals surface area (Å²) in [5.41, 5.74) is 0.659. The molecule has 0 unspecified atom stereocenters. The van der Waals surface area contributed by atoms with Crippen molar-refractivity contribution in [3.05, 3.63) is 64.1 Å². The van der Waals surface area contributed by atoms with Crippen molar-refractivity contribution in [1.82, 2.24) is 0 Å². The fourth-order valence-corrected chi connectivity index (χ4v) is 2.56. The van der Waals surface area contributed by atoms with Crippen molar-refractivity contribution in [3.8, 4) is 11.5 Å². The van der Waals surface area contributed by atoms with Gasteiger partial charge in [-0.2, -0.15) is 0 Å². The Kier molecular flexibility index (Phi) is 3.46. The van der Waals surface area contributed by atoms with Crippen molar-refractivity contribution in [2.24, 2.45) is 4.99 Å². The number of rotatable bonds is 2. The maximum Gasteiger partial charge on any atom is 0.363 e. The van der Waals surface area contributed by atoms with Crippen LogP contribution in [0.25, 0.3) is 6.08 Å². The highest BCUT2D eigenvalue weighted by Gasteiger charge is 2.26. The van der Waals surface area contributed by atoms with Crippen molar-refractivity contribution < 1.29 is 23.4 Å². The molecule has 0 amide bonds. The summed E-state index contributed by atoms with van der Waals surface area (Å²) in [5, 5.41) is 0.370. The van der Waals surface area contributed by atoms with Crippen LogP contribution in [0.15, 0.2) is 47.1 Å². The smallest absolute Gasteiger partial charge is 0.363 e. The summed E-state index contributed by atoms with van der Waals surface area (Å²) in [6, 6.07) is 9.16. The minimum Gasteiger partial charge on any atom is -0.454 e. The number of hydrogen-bond donors (Lipinski definition) is 0. The van der Waals surface area contributed by atoms with Crippen molar-refractivity contribution in [2.75, 3.05) is 6.79 Å². The lowest BCUT2D eigenvalue weighted by atomic mass is 10.1. The molecule has 0 spiro atoms. The molecule has 4 rings (SSSR count). The van der Waals surface area contributed by atoms with Crippen LogP contribution in [0.1, 0.15) is 11.1 Å². The molecule has 2 aliphatic heterocycles. The SMILES string of the molecule is O=C1OC(c2ccccc2F)=N/C1=C/c1cc2c(cc1Cl)OCO2. The minimum absolute atomic E-state index is 0.0222. The zero-order valence-electron chi connectivity index (χ0n) is 12.1. The fraction of sp³-hybridized carbons (Fsp3) is 0.0588. The summed E-state index contributed by atoms with van der Waals surface area (Å²) >= 11 is 6.17. The predicted molar refractivity (Wildman–Crippen MR) is 84.6 cm³/mol. The maximum atomic E-state index is 13.8. The molecule has 0 aromatic heterocycles. The molecule has 0 atom stereocenters. The summed E-state index contributed by atoms with van der Waals surface area (Å²) in [7, 11) is 0. The number of ether oxygens (including phenoxy) is 3. The van der Waals surface area contributed by atoms with Gasteiger partial charge in [0.15, 0.2) is 17.2 Å². The Morgan fingerprint density at radius 3 is 2.71 bits per heavy atom. The first-order valence-electron chi connectivity index (χ1n) is 6.98. The second kappa shape index (κ2) is 5.65. The van der Waals surface area contributed by atoms with Crippen LogP contribution in [-0.4, -0.2) is 18.7 Å². The first kappa shape index (κ1) is 14.7. The molecule has 0 saturated carbocycles. The normalized spacial score (nSPS) is 17.2. The van der Waals surface area contributed by atoms with E-state index >= 15 is 0 Å². The van der Waals surface area contributed by atoms with Crippen molar-refractivity contribution in [3.63, 3.8) is 0 Å². The Morgan fingerprint density at radius 2 is 1.92 bits per heavy atom. The van der Waals surface area contributed by atoms with E-state index in [2.05, 4.69) is 4.99 Å². The quantitative estimate of drug-likeness (QED) is 0.617. The van der Waals surface area contributed by atoms with Gasteiger partial charge in [-0.25, -0.2) is 14.2 Å². The van der Waals surface area contributed by atoms with E-state index in [1.54, 1.807) is 24.3 Å². The highest BCUT2D eigenvalue weighted by atomic mass is 35.5. The lowest BCUT2D eigenvalue weighted by Gasteiger charge is -2.01. The number of carbonyl (C=O) groups excluding carboxylic acids is 1. The molecule has 0 bridgehead atoms. The van der Waals surface area contributed by atoms with Gasteiger partial charge in [0.2, 0.25) is 12.7 Å². The molecule has 0 saturated heterocycles. The molecule has 24 heavy (non-hydrogen) atoms. The number of cyclic esters (lactones) is 1. The molecule has 2 aromatic carbocycles. The molecule has 120 valence electrons. The van der Waals surface area contributed by atoms with Gasteiger partial charge in [-0.1, -0.05) is 23.7 Å². The molecule has 5 nitrogen and oxygen atoms in total. The van der Waals surface area contributed by atoms with Crippen LogP contribution in [0.5, 0.6) is 11.5 Å². The average molecular weight is 346 g/mol. The second-order valence-corrected chi connectivity index (χ2v) is 5.45. The van der Waals surface area contributed by atoms with Crippen LogP contribution in [0.4, 0.5) is 4.39 Å². The Labute approximate surface area is 140 Å². The monoisotopic (exact) mass is 345 g/mol. The van der Waals surface area contributed by atoms with Crippen molar-refractivity contribution >= 4 is 29.5 Å². The second-order valence-electron chi connectivity index (χ2n) is 5.04. The lowest BCUT2D eigenvalue weighted by Crippen LogP contribution is -2.07. The number of aliphatic imine (C=N–C) groups is 1. The molecule has 2 aliphatic rings. The first-order chi connectivity index (χ1) is 11.6. The predicted octanol–water partition coefficient (Wildman–Crippen LogP) is 3.55. The summed E-state index contributed by atoms with van der Waals surface area (Å²) < 4.78 is 29.3. The summed E-state index contributed by atoms with van der Waals surface area (Å²) in [6.45, 7) is 0.114. The maximum absolute atomic E-state index is 13.8. The van der Waals surface area contributed by atoms with Gasteiger partial charge in [0.25, 0.3) is 0 Å². The average Bonchev–Trinajstić information content (AvgIpc) is 3.15. The van der Waals surface area contributed by atoms with Crippen LogP contribution in [0, 0.1) is 5.82 Å². The van der Waals surface area contributed by atoms with Gasteiger partial charge < -0.3 is 14.2 Å². The van der Waals surface area contributed by atoms with Gasteiger partial charge in [-0.15, -0.1) is 0 Å². The number of carbonyl (C=O) groups is 1. The van der Waals surface area contributed by atoms with E-state index in [0.717, 1.165) is 0 Å². The third kappa shape index (κ3) is 2.51. The largest absolute Gasteiger partial charge is 0.454 e. The summed E-state index contributed by atoms with van der Waals surface area (Å²) in [4.78, 5) is 16.1. The lowest BCUT2D eigenvalue weighted by molar-refractivity contribution is -0.129. The third-order valence-electron chi connectivity index (χ3n) is 3.51. The zero-order chi connectivity index (χ0) is 16.7. The van der Waals surface area contributed by atoms with E-state index in [1.807, 2.05) is 0 Å². The number of hydrogen-bond acceptors (Lipinski definition) is 5. The van der Waals surface area contributed by atoms with E-state index < -0.39 is 11.8 Å². The topological polar surface area (TPSA) is 57.1 Å². The summed E-state index contributed by atoms with van der Waals surface area (Å²) in [6.07, 6.45) is 1.46. The van der Waals surface area contributed by atoms with E-state index in [9.17, 15) is 9.18 Å². The first-order valence-corrected chi connectivity index (χ1v) is 7.36. The van der Waals surface area contributed by atoms with Crippen LogP contribution < -0.4 is 9.47 Å². The van der Waals surface area contributed by atoms with Crippen molar-refractivity contribution in [1.29, 1.82) is 0 Å². The zero-order valence-corrected chi connectivity index (χ0v) is 12.8. The number of esters is 1. The van der Waals surface area contributed by atoms with Crippen LogP contribution in [0.3, 0.4) is 0 Å². The summed E-state index contributed by atoms with van der Waals surface area (Å²) in [5.74, 6) is -0.225. The third-order valence-corrected chi connectivity index (χ3v) is 3.84. The molecular formula is C17H9ClFNO4. The number of fused-ring (bicyclic) bond motifs is 1. The van der Waals surface area contributed by atoms with Crippen LogP contribution in [-0.2, 0) is 9.53 Å². The molecule has 0 aliphatic carbocycles. The minimum atomic E-state index is -0.679. The van der Waals surface area contributed by atoms with Crippen LogP contribution >= 0.6 is 11.6 Å². The van der Waals surface area contributed by atoms with E-state index in [4.69, 9.17) is 25.8 Å². The van der Waals surface area contributed by atoms with Gasteiger partial charge in [-0.3, -0.25) is 0 Å². The highest BCUT2D eigenvalue weighted by molar-refractivity contribution is 6.32. The Morgan fingerprint density at radius 1 is 1.17 bits per heavy atom. The van der Waals surface area contributed by atoms with Crippen molar-refractivity contribution in [2.45, 2.75) is 0 Å². The number of nitrogens with zero attached hydrogens (tertiary/aromatic N) is 1. The van der Waals surface area contributed by atoms with Gasteiger partial charge in [0.1, 0.15) is 5.82 Å². The Hall–Kier alpha value is -2.86. The Balaban J connectivity index is 1.73. The number of halogens is 2. The standard InChI is InChI=1S/C17H9ClFNO4/c18-11-7-15-14(22-8-23-15)6-9(11)5-13-17(21)24-16(20-13)10-3-1-2-4-12(10)19/h1-7H,8H2/b13-5+. The van der Waals surface area contributed by atoms with E-state index in [1.165, 1.54) is 18.2 Å². The molecule has 2 aromatic rings. The molecule has 7 heteroatoms. The molecular weight excluding hydrogens is 337 g/mol. The van der Waals surface area contributed by atoms with E-state index in [-0.39, 0.29) is 24.0 Å². The van der Waals surface area contributed by atoms with Gasteiger partial charge >= 0.3 is 5.97 Å². The molecule has 2 heterocycles. The van der Waals surface area contributed by atoms with Gasteiger partial charge in [-0.05, 0) is 29.8 Å². The van der Waals surface area contributed by atoms with Crippen LogP contribution in [0.2, 0.25) is 5.02 Å². The van der Waals surface area contributed by atoms with Gasteiger partial charge in [0, 0.05) is 6.07 Å². The highest BCUT2D eigenvalue weighted by Crippen LogP contribution is 2.38. The fourth-order valence-electron chi connectivity index (χ4n) is 2.35. The number of benzene rings is 2.